The summed E-state index contributed by atoms with van der Waals surface area (Å²) in [7, 11) is 3.70. The number of aromatic nitrogens is 3. The Balaban J connectivity index is 1.75. The molecule has 1 unspecified atom stereocenters. The fraction of sp³-hybridized carbons (Fsp3) is 0.500. The molecule has 0 saturated carbocycles. The molecule has 9 nitrogen and oxygen atoms in total. The summed E-state index contributed by atoms with van der Waals surface area (Å²) in [5, 5.41) is 3.45. The maximum Gasteiger partial charge on any atom is 0.258 e. The molecule has 0 spiro atoms. The molecule has 1 amide bonds. The lowest BCUT2D eigenvalue weighted by Crippen LogP contribution is -2.45. The van der Waals surface area contributed by atoms with Crippen LogP contribution >= 0.6 is 23.3 Å². The summed E-state index contributed by atoms with van der Waals surface area (Å²) >= 11 is 2.66. The van der Waals surface area contributed by atoms with Gasteiger partial charge >= 0.3 is 0 Å². The summed E-state index contributed by atoms with van der Waals surface area (Å²) in [5.74, 6) is 0.992. The predicted molar refractivity (Wildman–Crippen MR) is 107 cm³/mol. The van der Waals surface area contributed by atoms with Crippen LogP contribution in [-0.4, -0.2) is 71.5 Å². The second kappa shape index (κ2) is 8.83. The van der Waals surface area contributed by atoms with Crippen molar-refractivity contribution in [2.75, 3.05) is 50.6 Å². The summed E-state index contributed by atoms with van der Waals surface area (Å²) < 4.78 is 10.4. The van der Waals surface area contributed by atoms with Crippen molar-refractivity contribution in [1.82, 2.24) is 19.2 Å². The van der Waals surface area contributed by atoms with E-state index in [0.717, 1.165) is 36.2 Å². The van der Waals surface area contributed by atoms with E-state index in [1.165, 1.54) is 23.3 Å². The third-order valence-electron chi connectivity index (χ3n) is 4.10. The lowest BCUT2D eigenvalue weighted by Gasteiger charge is -2.33. The number of carbonyl (C=O) groups is 1. The Morgan fingerprint density at radius 2 is 2.11 bits per heavy atom. The second-order valence-corrected chi connectivity index (χ2v) is 8.33. The van der Waals surface area contributed by atoms with E-state index in [-0.39, 0.29) is 5.91 Å². The second-order valence-electron chi connectivity index (χ2n) is 6.24. The Labute approximate surface area is 166 Å². The number of hydrogen-bond donors (Lipinski definition) is 2. The van der Waals surface area contributed by atoms with Crippen LogP contribution in [-0.2, 0) is 4.79 Å². The zero-order valence-electron chi connectivity index (χ0n) is 15.5. The van der Waals surface area contributed by atoms with Crippen LogP contribution in [0.4, 0.5) is 11.5 Å². The first-order chi connectivity index (χ1) is 13.0. The monoisotopic (exact) mass is 409 g/mol. The van der Waals surface area contributed by atoms with Crippen molar-refractivity contribution in [3.63, 3.8) is 0 Å². The average molecular weight is 410 g/mol. The maximum absolute atomic E-state index is 11.8. The Morgan fingerprint density at radius 1 is 1.37 bits per heavy atom. The smallest absolute Gasteiger partial charge is 0.258 e. The van der Waals surface area contributed by atoms with Gasteiger partial charge in [-0.25, -0.2) is 9.97 Å². The van der Waals surface area contributed by atoms with Gasteiger partial charge in [0.15, 0.2) is 5.82 Å². The third kappa shape index (κ3) is 4.86. The summed E-state index contributed by atoms with van der Waals surface area (Å²) in [6.45, 7) is 5.36. The van der Waals surface area contributed by atoms with Gasteiger partial charge in [0.1, 0.15) is 9.24 Å². The van der Waals surface area contributed by atoms with Gasteiger partial charge in [-0.3, -0.25) is 4.79 Å². The van der Waals surface area contributed by atoms with Gasteiger partial charge in [0.2, 0.25) is 5.91 Å². The van der Waals surface area contributed by atoms with E-state index >= 15 is 0 Å². The molecule has 0 aliphatic carbocycles. The minimum atomic E-state index is -0.592. The number of methoxy groups -OCH3 is 1. The molecule has 1 atom stereocenters. The number of amides is 1. The molecule has 0 aromatic carbocycles. The molecule has 2 aromatic rings. The largest absolute Gasteiger partial charge is 0.478 e. The van der Waals surface area contributed by atoms with Gasteiger partial charge in [0, 0.05) is 26.2 Å². The standard InChI is InChI=1S/C16H23N7O2S2/c1-10(17)14(24)20-11-8-19-27-16(11)26-12-9-18-13(15(21-12)25-3)23-6-4-22(2)5-7-23/h8-10H,4-7,17H2,1-3H3,(H,20,24). The van der Waals surface area contributed by atoms with Crippen molar-refractivity contribution in [1.29, 1.82) is 0 Å². The fourth-order valence-electron chi connectivity index (χ4n) is 2.50. The molecule has 3 rings (SSSR count). The minimum Gasteiger partial charge on any atom is -0.478 e. The molecule has 1 fully saturated rings. The van der Waals surface area contributed by atoms with Gasteiger partial charge in [-0.15, -0.1) is 0 Å². The lowest BCUT2D eigenvalue weighted by molar-refractivity contribution is -0.117. The highest BCUT2D eigenvalue weighted by Gasteiger charge is 2.21. The first-order valence-electron chi connectivity index (χ1n) is 8.51. The van der Waals surface area contributed by atoms with Gasteiger partial charge in [-0.2, -0.15) is 4.37 Å². The van der Waals surface area contributed by atoms with E-state index in [1.807, 2.05) is 0 Å². The number of nitrogens with zero attached hydrogens (tertiary/aromatic N) is 5. The molecule has 1 aliphatic rings. The molecule has 0 radical (unpaired) electrons. The quantitative estimate of drug-likeness (QED) is 0.725. The molecular weight excluding hydrogens is 386 g/mol. The minimum absolute atomic E-state index is 0.258. The summed E-state index contributed by atoms with van der Waals surface area (Å²) in [5.41, 5.74) is 6.23. The fourth-order valence-corrected chi connectivity index (χ4v) is 4.13. The lowest BCUT2D eigenvalue weighted by atomic mass is 10.3. The highest BCUT2D eigenvalue weighted by molar-refractivity contribution is 8.01. The molecule has 3 N–H and O–H groups in total. The summed E-state index contributed by atoms with van der Waals surface area (Å²) in [4.78, 5) is 25.4. The van der Waals surface area contributed by atoms with Crippen LogP contribution in [0.5, 0.6) is 5.88 Å². The zero-order chi connectivity index (χ0) is 19.4. The first kappa shape index (κ1) is 19.8. The number of nitrogens with two attached hydrogens (primary N) is 1. The van der Waals surface area contributed by atoms with Crippen LogP contribution in [0.2, 0.25) is 0 Å². The molecule has 1 saturated heterocycles. The Bertz CT molecular complexity index is 791. The number of nitrogens with one attached hydrogen (secondary N) is 1. The summed E-state index contributed by atoms with van der Waals surface area (Å²) in [6.07, 6.45) is 3.33. The van der Waals surface area contributed by atoms with Crippen molar-refractivity contribution in [2.24, 2.45) is 5.73 Å². The molecule has 0 bridgehead atoms. The third-order valence-corrected chi connectivity index (χ3v) is 5.98. The van der Waals surface area contributed by atoms with E-state index in [9.17, 15) is 4.79 Å². The molecule has 27 heavy (non-hydrogen) atoms. The molecule has 146 valence electrons. The summed E-state index contributed by atoms with van der Waals surface area (Å²) in [6, 6.07) is -0.592. The van der Waals surface area contributed by atoms with E-state index in [2.05, 4.69) is 36.5 Å². The molecule has 3 heterocycles. The average Bonchev–Trinajstić information content (AvgIpc) is 3.09. The van der Waals surface area contributed by atoms with Crippen molar-refractivity contribution in [3.05, 3.63) is 12.4 Å². The molecule has 1 aliphatic heterocycles. The molecule has 11 heteroatoms. The van der Waals surface area contributed by atoms with Gasteiger partial charge < -0.3 is 25.6 Å². The number of carbonyl (C=O) groups excluding carboxylic acids is 1. The van der Waals surface area contributed by atoms with Crippen molar-refractivity contribution in [3.8, 4) is 5.88 Å². The van der Waals surface area contributed by atoms with Gasteiger partial charge in [0.25, 0.3) is 5.88 Å². The topological polar surface area (TPSA) is 110 Å². The van der Waals surface area contributed by atoms with Crippen LogP contribution in [0.15, 0.2) is 21.6 Å². The Hall–Kier alpha value is -1.95. The first-order valence-corrected chi connectivity index (χ1v) is 10.1. The normalized spacial score (nSPS) is 16.2. The van der Waals surface area contributed by atoms with Crippen LogP contribution in [0.3, 0.4) is 0 Å². The van der Waals surface area contributed by atoms with Crippen molar-refractivity contribution >= 4 is 40.7 Å². The maximum atomic E-state index is 11.8. The predicted octanol–water partition coefficient (Wildman–Crippen LogP) is 1.13. The van der Waals surface area contributed by atoms with Crippen molar-refractivity contribution < 1.29 is 9.53 Å². The zero-order valence-corrected chi connectivity index (χ0v) is 17.1. The van der Waals surface area contributed by atoms with Crippen LogP contribution in [0, 0.1) is 0 Å². The SMILES string of the molecule is COc1nc(Sc2sncc2NC(=O)C(C)N)cnc1N1CCN(C)CC1. The highest BCUT2D eigenvalue weighted by atomic mass is 32.2. The number of ether oxygens (including phenoxy) is 1. The van der Waals surface area contributed by atoms with Gasteiger partial charge in [0.05, 0.1) is 31.2 Å². The van der Waals surface area contributed by atoms with E-state index < -0.39 is 6.04 Å². The van der Waals surface area contributed by atoms with Crippen molar-refractivity contribution in [2.45, 2.75) is 22.2 Å². The van der Waals surface area contributed by atoms with Gasteiger partial charge in [-0.1, -0.05) is 11.8 Å². The van der Waals surface area contributed by atoms with Crippen LogP contribution in [0.25, 0.3) is 0 Å². The van der Waals surface area contributed by atoms with Crippen LogP contribution in [0.1, 0.15) is 6.92 Å². The Kier molecular flexibility index (Phi) is 6.47. The number of hydrogen-bond acceptors (Lipinski definition) is 10. The van der Waals surface area contributed by atoms with E-state index in [1.54, 1.807) is 26.4 Å². The van der Waals surface area contributed by atoms with E-state index in [0.29, 0.717) is 16.6 Å². The number of piperazine rings is 1. The Morgan fingerprint density at radius 3 is 2.78 bits per heavy atom. The number of likely N-dealkylation sites (N-methyl/N-ethyl adjacent to an activating group) is 1. The number of anilines is 2. The van der Waals surface area contributed by atoms with Crippen LogP contribution < -0.4 is 20.7 Å². The molecular formula is C16H23N7O2S2. The van der Waals surface area contributed by atoms with Gasteiger partial charge in [-0.05, 0) is 25.5 Å². The van der Waals surface area contributed by atoms with E-state index in [4.69, 9.17) is 10.5 Å². The highest BCUT2D eigenvalue weighted by Crippen LogP contribution is 2.37. The number of rotatable bonds is 6. The molecule has 2 aromatic heterocycles.